The molecule has 0 radical (unpaired) electrons. The lowest BCUT2D eigenvalue weighted by atomic mass is 9.65. The Bertz CT molecular complexity index is 776. The van der Waals surface area contributed by atoms with Gasteiger partial charge in [0, 0.05) is 17.2 Å². The highest BCUT2D eigenvalue weighted by atomic mass is 32.1. The molecule has 0 unspecified atom stereocenters. The summed E-state index contributed by atoms with van der Waals surface area (Å²) in [5.41, 5.74) is 2.58. The smallest absolute Gasteiger partial charge is 0.255 e. The van der Waals surface area contributed by atoms with Crippen molar-refractivity contribution in [3.63, 3.8) is 0 Å². The molecule has 4 nitrogen and oxygen atoms in total. The van der Waals surface area contributed by atoms with Crippen LogP contribution in [0.3, 0.4) is 0 Å². The largest absolute Gasteiger partial charge is 0.357 e. The molecule has 1 amide bonds. The molecule has 22 heavy (non-hydrogen) atoms. The second-order valence-electron chi connectivity index (χ2n) is 6.07. The number of fused-ring (bicyclic) bond motifs is 4. The Morgan fingerprint density at radius 3 is 2.95 bits per heavy atom. The normalized spacial score (nSPS) is 29.5. The molecule has 1 aromatic carbocycles. The first-order chi connectivity index (χ1) is 10.7. The molecule has 4 rings (SSSR count). The number of hydrogen-bond donors (Lipinski definition) is 2. The number of nitriles is 1. The van der Waals surface area contributed by atoms with E-state index in [0.717, 1.165) is 42.5 Å². The van der Waals surface area contributed by atoms with Crippen molar-refractivity contribution in [3.8, 4) is 6.07 Å². The maximum Gasteiger partial charge on any atom is 0.255 e. The van der Waals surface area contributed by atoms with Crippen molar-refractivity contribution in [1.82, 2.24) is 5.32 Å². The van der Waals surface area contributed by atoms with Crippen LogP contribution in [0.25, 0.3) is 0 Å². The van der Waals surface area contributed by atoms with Gasteiger partial charge in [-0.3, -0.25) is 4.79 Å². The van der Waals surface area contributed by atoms with E-state index in [2.05, 4.69) is 16.7 Å². The Labute approximate surface area is 134 Å². The fourth-order valence-corrected chi connectivity index (χ4v) is 4.47. The van der Waals surface area contributed by atoms with Crippen LogP contribution in [0, 0.1) is 17.2 Å². The summed E-state index contributed by atoms with van der Waals surface area (Å²) in [6, 6.07) is 9.99. The van der Waals surface area contributed by atoms with E-state index in [1.54, 1.807) is 0 Å². The summed E-state index contributed by atoms with van der Waals surface area (Å²) in [7, 11) is 0. The highest BCUT2D eigenvalue weighted by Gasteiger charge is 2.56. The van der Waals surface area contributed by atoms with Crippen LogP contribution in [0.4, 0.5) is 5.69 Å². The van der Waals surface area contributed by atoms with Crippen molar-refractivity contribution < 1.29 is 4.79 Å². The van der Waals surface area contributed by atoms with Crippen LogP contribution >= 0.6 is 12.2 Å². The Balaban J connectivity index is 1.97. The zero-order chi connectivity index (χ0) is 15.3. The van der Waals surface area contributed by atoms with E-state index in [1.165, 1.54) is 0 Å². The van der Waals surface area contributed by atoms with E-state index >= 15 is 0 Å². The average Bonchev–Trinajstić information content (AvgIpc) is 2.81. The van der Waals surface area contributed by atoms with E-state index in [1.807, 2.05) is 24.3 Å². The minimum absolute atomic E-state index is 0.00579. The Kier molecular flexibility index (Phi) is 2.85. The van der Waals surface area contributed by atoms with Gasteiger partial charge in [0.15, 0.2) is 5.54 Å². The minimum Gasteiger partial charge on any atom is -0.357 e. The molecule has 2 N–H and O–H groups in total. The lowest BCUT2D eigenvalue weighted by molar-refractivity contribution is -0.123. The van der Waals surface area contributed by atoms with Crippen LogP contribution in [-0.4, -0.2) is 10.9 Å². The molecule has 0 saturated heterocycles. The summed E-state index contributed by atoms with van der Waals surface area (Å²) < 4.78 is 0. The number of amides is 1. The standard InChI is InChI=1S/C17H15N3OS/c18-9-11-10-5-1-2-6-12(10)17(20-15(11)22)13-7-3-4-8-14(13)19-16(17)21/h3-4,7-8,12H,1-2,5-6H2,(H,19,21)(H,20,22)/t12-,17-/m0/s1. The van der Waals surface area contributed by atoms with Gasteiger partial charge < -0.3 is 10.6 Å². The first-order valence-electron chi connectivity index (χ1n) is 7.55. The fraction of sp³-hybridized carbons (Fsp3) is 0.353. The number of carbonyl (C=O) groups is 1. The molecule has 1 fully saturated rings. The molecule has 5 heteroatoms. The summed E-state index contributed by atoms with van der Waals surface area (Å²) in [4.78, 5) is 13.3. The van der Waals surface area contributed by atoms with Crippen molar-refractivity contribution in [1.29, 1.82) is 5.26 Å². The highest BCUT2D eigenvalue weighted by molar-refractivity contribution is 7.80. The van der Waals surface area contributed by atoms with Crippen LogP contribution in [0.1, 0.15) is 31.2 Å². The number of para-hydroxylation sites is 1. The first kappa shape index (κ1) is 13.5. The van der Waals surface area contributed by atoms with Gasteiger partial charge in [0.2, 0.25) is 0 Å². The predicted molar refractivity (Wildman–Crippen MR) is 87.1 cm³/mol. The SMILES string of the molecule is N#CC1=C2CCCC[C@@H]2[C@@]2(NC1=S)C(=O)Nc1ccccc12. The van der Waals surface area contributed by atoms with Gasteiger partial charge in [-0.25, -0.2) is 0 Å². The van der Waals surface area contributed by atoms with Gasteiger partial charge >= 0.3 is 0 Å². The second-order valence-corrected chi connectivity index (χ2v) is 6.48. The molecular weight excluding hydrogens is 294 g/mol. The van der Waals surface area contributed by atoms with Gasteiger partial charge in [0.05, 0.1) is 5.57 Å². The summed E-state index contributed by atoms with van der Waals surface area (Å²) >= 11 is 5.41. The van der Waals surface area contributed by atoms with Gasteiger partial charge in [0.25, 0.3) is 5.91 Å². The monoisotopic (exact) mass is 309 g/mol. The summed E-state index contributed by atoms with van der Waals surface area (Å²) in [6.07, 6.45) is 3.88. The number of nitrogens with one attached hydrogen (secondary N) is 2. The average molecular weight is 309 g/mol. The van der Waals surface area contributed by atoms with Crippen LogP contribution in [0.2, 0.25) is 0 Å². The summed E-state index contributed by atoms with van der Waals surface area (Å²) in [5, 5.41) is 15.7. The van der Waals surface area contributed by atoms with Crippen molar-refractivity contribution >= 4 is 28.8 Å². The maximum atomic E-state index is 12.9. The third-order valence-electron chi connectivity index (χ3n) is 5.06. The molecule has 1 saturated carbocycles. The van der Waals surface area contributed by atoms with E-state index < -0.39 is 5.54 Å². The quantitative estimate of drug-likeness (QED) is 0.723. The van der Waals surface area contributed by atoms with E-state index in [0.29, 0.717) is 10.6 Å². The number of nitrogens with zero attached hydrogens (tertiary/aromatic N) is 1. The predicted octanol–water partition coefficient (Wildman–Crippen LogP) is 2.77. The van der Waals surface area contributed by atoms with Crippen LogP contribution in [0.15, 0.2) is 35.4 Å². The van der Waals surface area contributed by atoms with E-state index in [4.69, 9.17) is 12.2 Å². The first-order valence-corrected chi connectivity index (χ1v) is 7.96. The van der Waals surface area contributed by atoms with E-state index in [9.17, 15) is 10.1 Å². The highest BCUT2D eigenvalue weighted by Crippen LogP contribution is 2.51. The maximum absolute atomic E-state index is 12.9. The molecule has 0 bridgehead atoms. The summed E-state index contributed by atoms with van der Waals surface area (Å²) in [6.45, 7) is 0. The van der Waals surface area contributed by atoms with Crippen LogP contribution < -0.4 is 10.6 Å². The van der Waals surface area contributed by atoms with Crippen LogP contribution in [-0.2, 0) is 10.3 Å². The lowest BCUT2D eigenvalue weighted by Crippen LogP contribution is -2.59. The minimum atomic E-state index is -0.843. The Hall–Kier alpha value is -2.19. The molecule has 110 valence electrons. The third-order valence-corrected chi connectivity index (χ3v) is 5.37. The zero-order valence-electron chi connectivity index (χ0n) is 12.0. The Morgan fingerprint density at radius 2 is 2.14 bits per heavy atom. The summed E-state index contributed by atoms with van der Waals surface area (Å²) in [5.74, 6) is -0.0521. The molecule has 1 aromatic rings. The topological polar surface area (TPSA) is 64.9 Å². The molecule has 3 aliphatic rings. The van der Waals surface area contributed by atoms with Gasteiger partial charge in [-0.15, -0.1) is 0 Å². The van der Waals surface area contributed by atoms with E-state index in [-0.39, 0.29) is 11.8 Å². The fourth-order valence-electron chi connectivity index (χ4n) is 4.14. The van der Waals surface area contributed by atoms with Crippen LogP contribution in [0.5, 0.6) is 0 Å². The molecule has 1 spiro atoms. The number of hydrogen-bond acceptors (Lipinski definition) is 3. The molecule has 2 heterocycles. The number of benzene rings is 1. The van der Waals surface area contributed by atoms with Crippen molar-refractivity contribution in [2.24, 2.45) is 5.92 Å². The number of carbonyl (C=O) groups excluding carboxylic acids is 1. The van der Waals surface area contributed by atoms with Gasteiger partial charge in [-0.2, -0.15) is 5.26 Å². The van der Waals surface area contributed by atoms with Gasteiger partial charge in [-0.05, 0) is 30.9 Å². The van der Waals surface area contributed by atoms with Crippen molar-refractivity contribution in [3.05, 3.63) is 41.0 Å². The van der Waals surface area contributed by atoms with Crippen molar-refractivity contribution in [2.75, 3.05) is 5.32 Å². The molecule has 2 atom stereocenters. The Morgan fingerprint density at radius 1 is 1.32 bits per heavy atom. The number of thiocarbonyl (C=S) groups is 1. The van der Waals surface area contributed by atoms with Crippen molar-refractivity contribution in [2.45, 2.75) is 31.2 Å². The molecule has 2 aliphatic heterocycles. The lowest BCUT2D eigenvalue weighted by Gasteiger charge is -2.44. The van der Waals surface area contributed by atoms with Gasteiger partial charge in [-0.1, -0.05) is 36.8 Å². The molecular formula is C17H15N3OS. The number of anilines is 1. The zero-order valence-corrected chi connectivity index (χ0v) is 12.8. The molecule has 0 aromatic heterocycles. The number of rotatable bonds is 0. The molecule has 1 aliphatic carbocycles. The third kappa shape index (κ3) is 1.56. The second kappa shape index (κ2) is 4.65. The van der Waals surface area contributed by atoms with Gasteiger partial charge in [0.1, 0.15) is 11.1 Å².